The van der Waals surface area contributed by atoms with E-state index in [1.165, 1.54) is 21.5 Å². The molecule has 236 valence electrons. The Kier molecular flexibility index (Phi) is 6.90. The van der Waals surface area contributed by atoms with Gasteiger partial charge in [0.25, 0.3) is 6.47 Å². The number of carbonyl (C=O) groups excluding carboxylic acids is 1. The summed E-state index contributed by atoms with van der Waals surface area (Å²) in [5, 5.41) is 13.7. The fraction of sp³-hybridized carbons (Fsp3) is 0.0488. The minimum absolute atomic E-state index is 0.162. The molecule has 0 fully saturated rings. The minimum atomic E-state index is 0.162. The third-order valence-electron chi connectivity index (χ3n) is 8.87. The van der Waals surface area contributed by atoms with Crippen LogP contribution in [0.1, 0.15) is 0 Å². The summed E-state index contributed by atoms with van der Waals surface area (Å²) in [5.74, 6) is 1.37. The third kappa shape index (κ3) is 4.89. The van der Waals surface area contributed by atoms with E-state index >= 15 is 0 Å². The Morgan fingerprint density at radius 1 is 0.531 bits per heavy atom. The molecule has 0 bridgehead atoms. The summed E-state index contributed by atoms with van der Waals surface area (Å²) in [5.41, 5.74) is 7.87. The Morgan fingerprint density at radius 3 is 1.53 bits per heavy atom. The van der Waals surface area contributed by atoms with Crippen molar-refractivity contribution >= 4 is 50.1 Å². The Labute approximate surface area is 280 Å². The summed E-state index contributed by atoms with van der Waals surface area (Å²) in [6, 6.07) is 47.8. The van der Waals surface area contributed by atoms with Crippen LogP contribution in [0.3, 0.4) is 0 Å². The van der Waals surface area contributed by atoms with Gasteiger partial charge in [-0.1, -0.05) is 78.9 Å². The first-order valence-corrected chi connectivity index (χ1v) is 16.0. The number of fused-ring (bicyclic) bond motifs is 6. The van der Waals surface area contributed by atoms with Crippen LogP contribution in [0.15, 0.2) is 144 Å². The van der Waals surface area contributed by atoms with Gasteiger partial charge in [-0.05, 0) is 60.7 Å². The molecule has 0 spiro atoms. The number of hydrogen-bond donors (Lipinski definition) is 0. The number of benzene rings is 6. The first-order chi connectivity index (χ1) is 24.3. The lowest BCUT2D eigenvalue weighted by Gasteiger charge is -2.14. The van der Waals surface area contributed by atoms with Crippen LogP contribution in [-0.2, 0) is 9.53 Å². The monoisotopic (exact) mass is 640 g/mol. The molecule has 9 aromatic rings. The van der Waals surface area contributed by atoms with Gasteiger partial charge in [-0.3, -0.25) is 4.79 Å². The largest absolute Gasteiger partial charge is 0.490 e. The van der Waals surface area contributed by atoms with Crippen molar-refractivity contribution in [1.82, 2.24) is 19.3 Å². The highest BCUT2D eigenvalue weighted by molar-refractivity contribution is 6.10. The van der Waals surface area contributed by atoms with Crippen LogP contribution in [0.25, 0.3) is 77.9 Å². The molecule has 0 atom stereocenters. The maximum atomic E-state index is 10.5. The molecule has 0 saturated carbocycles. The number of carbonyl (C=O) groups is 1. The second-order valence-electron chi connectivity index (χ2n) is 11.7. The van der Waals surface area contributed by atoms with Gasteiger partial charge in [-0.25, -0.2) is 0 Å². The molecule has 0 saturated heterocycles. The van der Waals surface area contributed by atoms with E-state index in [2.05, 4.69) is 135 Å². The number of para-hydroxylation sites is 4. The number of aromatic nitrogens is 4. The molecular weight excluding hydrogens is 612 g/mol. The molecular formula is C41H28N4O4. The molecule has 0 aliphatic heterocycles. The van der Waals surface area contributed by atoms with Crippen molar-refractivity contribution < 1.29 is 18.7 Å². The highest BCUT2D eigenvalue weighted by atomic mass is 16.5. The van der Waals surface area contributed by atoms with E-state index in [0.29, 0.717) is 29.6 Å². The van der Waals surface area contributed by atoms with Crippen molar-refractivity contribution in [2.24, 2.45) is 0 Å². The van der Waals surface area contributed by atoms with E-state index in [-0.39, 0.29) is 13.2 Å². The van der Waals surface area contributed by atoms with Crippen molar-refractivity contribution in [3.8, 4) is 40.0 Å². The normalized spacial score (nSPS) is 11.5. The Morgan fingerprint density at radius 2 is 1.02 bits per heavy atom. The van der Waals surface area contributed by atoms with Crippen LogP contribution in [0, 0.1) is 0 Å². The molecule has 0 radical (unpaired) electrons. The van der Waals surface area contributed by atoms with Crippen molar-refractivity contribution in [3.63, 3.8) is 0 Å². The molecule has 9 rings (SSSR count). The van der Waals surface area contributed by atoms with E-state index in [9.17, 15) is 4.79 Å². The molecule has 3 aromatic heterocycles. The van der Waals surface area contributed by atoms with Gasteiger partial charge in [0.2, 0.25) is 11.8 Å². The highest BCUT2D eigenvalue weighted by Gasteiger charge is 2.19. The number of ether oxygens (including phenoxy) is 2. The average Bonchev–Trinajstić information content (AvgIpc) is 3.87. The summed E-state index contributed by atoms with van der Waals surface area (Å²) < 4.78 is 21.5. The van der Waals surface area contributed by atoms with Gasteiger partial charge >= 0.3 is 0 Å². The van der Waals surface area contributed by atoms with Crippen molar-refractivity contribution in [3.05, 3.63) is 140 Å². The molecule has 0 aliphatic rings. The second kappa shape index (κ2) is 11.8. The maximum Gasteiger partial charge on any atom is 0.293 e. The molecule has 3 heterocycles. The van der Waals surface area contributed by atoms with Crippen LogP contribution in [-0.4, -0.2) is 39.0 Å². The minimum Gasteiger partial charge on any atom is -0.490 e. The summed E-state index contributed by atoms with van der Waals surface area (Å²) in [6.07, 6.45) is 0. The molecule has 0 unspecified atom stereocenters. The average molecular weight is 641 g/mol. The number of hydrogen-bond acceptors (Lipinski definition) is 6. The lowest BCUT2D eigenvalue weighted by atomic mass is 10.1. The van der Waals surface area contributed by atoms with Crippen LogP contribution in [0.4, 0.5) is 0 Å². The molecule has 0 aliphatic carbocycles. The van der Waals surface area contributed by atoms with Gasteiger partial charge in [-0.15, -0.1) is 10.2 Å². The van der Waals surface area contributed by atoms with Crippen LogP contribution in [0.2, 0.25) is 0 Å². The number of rotatable bonds is 9. The second-order valence-corrected chi connectivity index (χ2v) is 11.7. The first kappa shape index (κ1) is 28.5. The molecule has 0 N–H and O–H groups in total. The summed E-state index contributed by atoms with van der Waals surface area (Å²) >= 11 is 0. The third-order valence-corrected chi connectivity index (χ3v) is 8.87. The standard InChI is InChI=1S/C41H28N4O4/c46-26-47-20-21-48-31-11-9-10-27(24-31)40-42-43-41(49-40)28-22-29(44-36-16-5-1-12-32(36)33-13-2-6-17-37(33)44)25-30(23-28)45-38-18-7-3-14-34(38)35-15-4-8-19-39(35)45/h1-19,22-26H,20-21H2. The molecule has 49 heavy (non-hydrogen) atoms. The SMILES string of the molecule is O=COCCOc1cccc(-c2nnc(-c3cc(-n4c5ccccc5c5ccccc54)cc(-n4c5ccccc5c5ccccc54)c3)o2)c1. The van der Waals surface area contributed by atoms with Crippen LogP contribution >= 0.6 is 0 Å². The molecule has 8 nitrogen and oxygen atoms in total. The van der Waals surface area contributed by atoms with Gasteiger partial charge in [-0.2, -0.15) is 0 Å². The molecule has 0 amide bonds. The quantitative estimate of drug-likeness (QED) is 0.116. The van der Waals surface area contributed by atoms with E-state index in [1.807, 2.05) is 24.3 Å². The fourth-order valence-electron chi connectivity index (χ4n) is 6.81. The Bertz CT molecular complexity index is 2430. The number of nitrogens with zero attached hydrogens (tertiary/aromatic N) is 4. The molecule has 6 aromatic carbocycles. The van der Waals surface area contributed by atoms with E-state index in [4.69, 9.17) is 13.9 Å². The first-order valence-electron chi connectivity index (χ1n) is 16.0. The summed E-state index contributed by atoms with van der Waals surface area (Å²) in [6.45, 7) is 0.802. The van der Waals surface area contributed by atoms with Crippen LogP contribution in [0.5, 0.6) is 5.75 Å². The van der Waals surface area contributed by atoms with Gasteiger partial charge in [0.15, 0.2) is 0 Å². The van der Waals surface area contributed by atoms with E-state index in [1.54, 1.807) is 0 Å². The smallest absolute Gasteiger partial charge is 0.293 e. The lowest BCUT2D eigenvalue weighted by molar-refractivity contribution is -0.129. The Hall–Kier alpha value is -6.67. The highest BCUT2D eigenvalue weighted by Crippen LogP contribution is 2.38. The van der Waals surface area contributed by atoms with Gasteiger partial charge in [0.1, 0.15) is 19.0 Å². The fourth-order valence-corrected chi connectivity index (χ4v) is 6.81. The lowest BCUT2D eigenvalue weighted by Crippen LogP contribution is -2.05. The predicted octanol–water partition coefficient (Wildman–Crippen LogP) is 9.15. The molecule has 8 heteroatoms. The topological polar surface area (TPSA) is 84.3 Å². The van der Waals surface area contributed by atoms with Crippen molar-refractivity contribution in [2.75, 3.05) is 13.2 Å². The zero-order chi connectivity index (χ0) is 32.7. The zero-order valence-corrected chi connectivity index (χ0v) is 26.2. The zero-order valence-electron chi connectivity index (χ0n) is 26.2. The summed E-state index contributed by atoms with van der Waals surface area (Å²) in [7, 11) is 0. The van der Waals surface area contributed by atoms with Crippen LogP contribution < -0.4 is 4.74 Å². The van der Waals surface area contributed by atoms with Crippen molar-refractivity contribution in [2.45, 2.75) is 0 Å². The van der Waals surface area contributed by atoms with Gasteiger partial charge in [0.05, 0.1) is 22.1 Å². The van der Waals surface area contributed by atoms with Gasteiger partial charge in [0, 0.05) is 44.0 Å². The maximum absolute atomic E-state index is 10.5. The summed E-state index contributed by atoms with van der Waals surface area (Å²) in [4.78, 5) is 10.5. The van der Waals surface area contributed by atoms with Gasteiger partial charge < -0.3 is 23.0 Å². The predicted molar refractivity (Wildman–Crippen MR) is 191 cm³/mol. The van der Waals surface area contributed by atoms with E-state index < -0.39 is 0 Å². The van der Waals surface area contributed by atoms with E-state index in [0.717, 1.165) is 39.0 Å². The Balaban J connectivity index is 1.24. The van der Waals surface area contributed by atoms with Crippen molar-refractivity contribution in [1.29, 1.82) is 0 Å².